The maximum atomic E-state index is 5.52. The Labute approximate surface area is 174 Å². The number of nitrogens with two attached hydrogens (primary N) is 2. The van der Waals surface area contributed by atoms with Gasteiger partial charge in [0.2, 0.25) is 0 Å². The highest BCUT2D eigenvalue weighted by molar-refractivity contribution is 14.2. The number of fused-ring (bicyclic) bond motifs is 1. The smallest absolute Gasteiger partial charge is 0.191 e. The second-order valence-electron chi connectivity index (χ2n) is 6.56. The van der Waals surface area contributed by atoms with Gasteiger partial charge in [-0.05, 0) is 36.6 Å². The van der Waals surface area contributed by atoms with E-state index in [1.165, 1.54) is 5.56 Å². The molecule has 140 valence electrons. The van der Waals surface area contributed by atoms with Crippen LogP contribution in [0, 0.1) is 0 Å². The van der Waals surface area contributed by atoms with Crippen molar-refractivity contribution in [2.75, 3.05) is 18.0 Å². The van der Waals surface area contributed by atoms with Crippen molar-refractivity contribution in [3.8, 4) is 0 Å². The third-order valence-corrected chi connectivity index (χ3v) is 6.54. The molecule has 0 aliphatic carbocycles. The molecular formula is C18H20IN7S. The molecule has 4 rings (SSSR count). The van der Waals surface area contributed by atoms with Gasteiger partial charge in [0.1, 0.15) is 12.1 Å². The van der Waals surface area contributed by atoms with Crippen molar-refractivity contribution in [2.45, 2.75) is 18.8 Å². The summed E-state index contributed by atoms with van der Waals surface area (Å²) in [6.07, 6.45) is 5.95. The Hall–Kier alpha value is -2.01. The Bertz CT molecular complexity index is 983. The predicted octanol–water partition coefficient (Wildman–Crippen LogP) is 3.57. The standard InChI is InChI=1S/C18H20IN7S/c19-27-26-8-6-15-16(22-11-23-17(15)26)25-7-2-4-13(10-25)12-3-1-5-14(9-12)24-18(20)21/h1,3,5-6,8-9,11,13H,2,4,7,10H2,(H4,20,21,24). The molecule has 1 saturated heterocycles. The Morgan fingerprint density at radius 3 is 2.96 bits per heavy atom. The van der Waals surface area contributed by atoms with Gasteiger partial charge in [-0.3, -0.25) is 3.97 Å². The molecule has 1 unspecified atom stereocenters. The number of rotatable bonds is 4. The zero-order chi connectivity index (χ0) is 18.8. The Kier molecular flexibility index (Phi) is 5.39. The molecule has 1 aliphatic heterocycles. The van der Waals surface area contributed by atoms with E-state index in [4.69, 9.17) is 11.5 Å². The van der Waals surface area contributed by atoms with Gasteiger partial charge in [-0.15, -0.1) is 0 Å². The van der Waals surface area contributed by atoms with E-state index in [-0.39, 0.29) is 5.96 Å². The molecule has 0 amide bonds. The maximum absolute atomic E-state index is 5.52. The van der Waals surface area contributed by atoms with Crippen LogP contribution in [0.4, 0.5) is 11.5 Å². The third kappa shape index (κ3) is 3.84. The fraction of sp³-hybridized carbons (Fsp3) is 0.278. The first kappa shape index (κ1) is 18.4. The van der Waals surface area contributed by atoms with Gasteiger partial charge in [0.05, 0.1) is 11.1 Å². The number of anilines is 1. The largest absolute Gasteiger partial charge is 0.370 e. The van der Waals surface area contributed by atoms with E-state index in [1.54, 1.807) is 15.4 Å². The van der Waals surface area contributed by atoms with Crippen molar-refractivity contribution >= 4 is 58.8 Å². The number of nitrogens with zero attached hydrogens (tertiary/aromatic N) is 5. The monoisotopic (exact) mass is 493 g/mol. The molecule has 9 heteroatoms. The second kappa shape index (κ2) is 7.93. The van der Waals surface area contributed by atoms with Crippen LogP contribution in [0.5, 0.6) is 0 Å². The highest BCUT2D eigenvalue weighted by atomic mass is 127. The Balaban J connectivity index is 1.62. The SMILES string of the molecule is NC(N)=Nc1cccc(C2CCCN(c3ncnc4c3ccn4SI)C2)c1. The Morgan fingerprint density at radius 2 is 2.15 bits per heavy atom. The summed E-state index contributed by atoms with van der Waals surface area (Å²) < 4.78 is 2.06. The lowest BCUT2D eigenvalue weighted by atomic mass is 9.90. The van der Waals surface area contributed by atoms with Crippen LogP contribution in [0.1, 0.15) is 24.3 Å². The molecule has 3 heterocycles. The first-order valence-electron chi connectivity index (χ1n) is 8.71. The van der Waals surface area contributed by atoms with E-state index in [0.29, 0.717) is 5.92 Å². The van der Waals surface area contributed by atoms with Crippen molar-refractivity contribution in [1.82, 2.24) is 13.9 Å². The first-order chi connectivity index (χ1) is 13.2. The number of benzene rings is 1. The number of aliphatic imine (C=N–C) groups is 1. The summed E-state index contributed by atoms with van der Waals surface area (Å²) in [7, 11) is 1.61. The molecule has 1 aromatic carbocycles. The van der Waals surface area contributed by atoms with Gasteiger partial charge in [-0.25, -0.2) is 15.0 Å². The van der Waals surface area contributed by atoms with Crippen LogP contribution in [0.2, 0.25) is 0 Å². The molecule has 0 spiro atoms. The maximum Gasteiger partial charge on any atom is 0.191 e. The number of aromatic nitrogens is 3. The number of hydrogen-bond acceptors (Lipinski definition) is 5. The zero-order valence-corrected chi connectivity index (χ0v) is 17.6. The third-order valence-electron chi connectivity index (χ3n) is 4.82. The predicted molar refractivity (Wildman–Crippen MR) is 121 cm³/mol. The summed E-state index contributed by atoms with van der Waals surface area (Å²) in [5.41, 5.74) is 14.0. The van der Waals surface area contributed by atoms with Gasteiger partial charge in [0, 0.05) is 55.5 Å². The summed E-state index contributed by atoms with van der Waals surface area (Å²) in [4.78, 5) is 15.6. The van der Waals surface area contributed by atoms with E-state index in [2.05, 4.69) is 63.2 Å². The number of halogens is 1. The van der Waals surface area contributed by atoms with Crippen molar-refractivity contribution in [2.24, 2.45) is 16.5 Å². The molecule has 1 atom stereocenters. The van der Waals surface area contributed by atoms with Crippen LogP contribution in [0.25, 0.3) is 11.0 Å². The van der Waals surface area contributed by atoms with Gasteiger partial charge >= 0.3 is 0 Å². The minimum atomic E-state index is 0.0819. The van der Waals surface area contributed by atoms with Gasteiger partial charge in [0.15, 0.2) is 11.6 Å². The van der Waals surface area contributed by atoms with Crippen LogP contribution in [-0.4, -0.2) is 33.0 Å². The average molecular weight is 493 g/mol. The van der Waals surface area contributed by atoms with E-state index in [9.17, 15) is 0 Å². The van der Waals surface area contributed by atoms with Crippen LogP contribution in [0.15, 0.2) is 47.8 Å². The normalized spacial score (nSPS) is 17.2. The lowest BCUT2D eigenvalue weighted by molar-refractivity contribution is 0.508. The highest BCUT2D eigenvalue weighted by Gasteiger charge is 2.24. The molecule has 4 N–H and O–H groups in total. The van der Waals surface area contributed by atoms with Crippen molar-refractivity contribution in [3.63, 3.8) is 0 Å². The fourth-order valence-corrected chi connectivity index (χ4v) is 4.93. The lowest BCUT2D eigenvalue weighted by Gasteiger charge is -2.34. The van der Waals surface area contributed by atoms with Crippen LogP contribution >= 0.6 is 30.3 Å². The fourth-order valence-electron chi connectivity index (χ4n) is 3.66. The van der Waals surface area contributed by atoms with Gasteiger partial charge < -0.3 is 16.4 Å². The number of hydrogen-bond donors (Lipinski definition) is 2. The second-order valence-corrected chi connectivity index (χ2v) is 8.28. The molecular weight excluding hydrogens is 473 g/mol. The quantitative estimate of drug-likeness (QED) is 0.328. The first-order valence-corrected chi connectivity index (χ1v) is 12.0. The lowest BCUT2D eigenvalue weighted by Crippen LogP contribution is -2.35. The zero-order valence-electron chi connectivity index (χ0n) is 14.6. The summed E-state index contributed by atoms with van der Waals surface area (Å²) in [6.45, 7) is 1.92. The van der Waals surface area contributed by atoms with Crippen molar-refractivity contribution < 1.29 is 0 Å². The molecule has 0 radical (unpaired) electrons. The summed E-state index contributed by atoms with van der Waals surface area (Å²) >= 11 is 2.26. The van der Waals surface area contributed by atoms with Gasteiger partial charge in [0.25, 0.3) is 0 Å². The number of guanidine groups is 1. The molecule has 1 aliphatic rings. The van der Waals surface area contributed by atoms with E-state index in [1.807, 2.05) is 18.3 Å². The average Bonchev–Trinajstić information content (AvgIpc) is 3.11. The van der Waals surface area contributed by atoms with Gasteiger partial charge in [-0.2, -0.15) is 0 Å². The molecule has 0 saturated carbocycles. The molecule has 27 heavy (non-hydrogen) atoms. The topological polar surface area (TPSA) is 98.3 Å². The Morgan fingerprint density at radius 1 is 1.26 bits per heavy atom. The van der Waals surface area contributed by atoms with Gasteiger partial charge in [-0.1, -0.05) is 12.1 Å². The minimum absolute atomic E-state index is 0.0819. The van der Waals surface area contributed by atoms with Crippen LogP contribution in [-0.2, 0) is 0 Å². The minimum Gasteiger partial charge on any atom is -0.370 e. The molecule has 0 bridgehead atoms. The van der Waals surface area contributed by atoms with Crippen molar-refractivity contribution in [3.05, 3.63) is 48.4 Å². The van der Waals surface area contributed by atoms with Crippen LogP contribution < -0.4 is 16.4 Å². The molecule has 2 aromatic heterocycles. The highest BCUT2D eigenvalue weighted by Crippen LogP contribution is 2.34. The summed E-state index contributed by atoms with van der Waals surface area (Å²) in [6, 6.07) is 10.3. The number of piperidine rings is 1. The van der Waals surface area contributed by atoms with E-state index in [0.717, 1.165) is 48.5 Å². The van der Waals surface area contributed by atoms with Crippen LogP contribution in [0.3, 0.4) is 0 Å². The molecule has 7 nitrogen and oxygen atoms in total. The van der Waals surface area contributed by atoms with Crippen molar-refractivity contribution in [1.29, 1.82) is 0 Å². The molecule has 1 fully saturated rings. The molecule has 3 aromatic rings. The summed E-state index contributed by atoms with van der Waals surface area (Å²) in [5.74, 6) is 1.51. The van der Waals surface area contributed by atoms with E-state index < -0.39 is 0 Å². The van der Waals surface area contributed by atoms with E-state index >= 15 is 0 Å². The summed E-state index contributed by atoms with van der Waals surface area (Å²) in [5, 5.41) is 1.09.